The van der Waals surface area contributed by atoms with E-state index in [2.05, 4.69) is 10.6 Å². The third-order valence-electron chi connectivity index (χ3n) is 5.48. The van der Waals surface area contributed by atoms with Crippen LogP contribution in [0.25, 0.3) is 0 Å². The number of ether oxygens (including phenoxy) is 2. The SMILES string of the molecule is O=C(CCCCCNC(=O)c1cc(OCc2ccccc2)ccc1OCc1ccccc1)NCCO. The second-order valence-corrected chi connectivity index (χ2v) is 8.35. The van der Waals surface area contributed by atoms with Crippen LogP contribution >= 0.6 is 0 Å². The van der Waals surface area contributed by atoms with Gasteiger partial charge in [-0.25, -0.2) is 0 Å². The third kappa shape index (κ3) is 9.43. The lowest BCUT2D eigenvalue weighted by Crippen LogP contribution is -2.26. The van der Waals surface area contributed by atoms with E-state index in [1.807, 2.05) is 66.7 Å². The number of amides is 2. The first-order chi connectivity index (χ1) is 17.7. The summed E-state index contributed by atoms with van der Waals surface area (Å²) in [5.41, 5.74) is 2.47. The van der Waals surface area contributed by atoms with Gasteiger partial charge in [0.15, 0.2) is 0 Å². The van der Waals surface area contributed by atoms with Crippen LogP contribution < -0.4 is 20.1 Å². The number of carbonyl (C=O) groups is 2. The van der Waals surface area contributed by atoms with Crippen LogP contribution in [-0.4, -0.2) is 36.6 Å². The summed E-state index contributed by atoms with van der Waals surface area (Å²) in [6, 6.07) is 24.9. The molecule has 0 aromatic heterocycles. The van der Waals surface area contributed by atoms with Gasteiger partial charge in [0.2, 0.25) is 5.91 Å². The van der Waals surface area contributed by atoms with E-state index >= 15 is 0 Å². The standard InChI is InChI=1S/C29H34N2O5/c32-19-18-30-28(33)14-8-3-9-17-31-29(34)26-20-25(35-21-23-10-4-1-5-11-23)15-16-27(26)36-22-24-12-6-2-7-13-24/h1-2,4-7,10-13,15-16,20,32H,3,8-9,14,17-19,21-22H2,(H,30,33)(H,31,34). The fourth-order valence-corrected chi connectivity index (χ4v) is 3.55. The Morgan fingerprint density at radius 3 is 2.06 bits per heavy atom. The molecule has 3 aromatic rings. The molecule has 0 heterocycles. The summed E-state index contributed by atoms with van der Waals surface area (Å²) < 4.78 is 11.9. The molecule has 2 amide bonds. The van der Waals surface area contributed by atoms with E-state index in [0.29, 0.717) is 43.2 Å². The molecule has 0 bridgehead atoms. The maximum Gasteiger partial charge on any atom is 0.255 e. The summed E-state index contributed by atoms with van der Waals surface area (Å²) in [4.78, 5) is 24.6. The van der Waals surface area contributed by atoms with Gasteiger partial charge in [0.05, 0.1) is 12.2 Å². The molecule has 7 heteroatoms. The molecule has 0 unspecified atom stereocenters. The minimum atomic E-state index is -0.232. The molecule has 0 saturated carbocycles. The first kappa shape index (κ1) is 26.8. The molecular weight excluding hydrogens is 456 g/mol. The average Bonchev–Trinajstić information content (AvgIpc) is 2.92. The van der Waals surface area contributed by atoms with Crippen molar-refractivity contribution in [1.29, 1.82) is 0 Å². The van der Waals surface area contributed by atoms with E-state index in [1.165, 1.54) is 0 Å². The zero-order valence-electron chi connectivity index (χ0n) is 20.4. The molecule has 0 spiro atoms. The van der Waals surface area contributed by atoms with Crippen molar-refractivity contribution < 1.29 is 24.2 Å². The van der Waals surface area contributed by atoms with Gasteiger partial charge in [0.1, 0.15) is 24.7 Å². The summed E-state index contributed by atoms with van der Waals surface area (Å²) in [7, 11) is 0. The second kappa shape index (κ2) is 15.2. The third-order valence-corrected chi connectivity index (χ3v) is 5.48. The molecule has 0 atom stereocenters. The topological polar surface area (TPSA) is 96.9 Å². The smallest absolute Gasteiger partial charge is 0.255 e. The van der Waals surface area contributed by atoms with Gasteiger partial charge < -0.3 is 25.2 Å². The highest BCUT2D eigenvalue weighted by atomic mass is 16.5. The van der Waals surface area contributed by atoms with Crippen LogP contribution in [0.1, 0.15) is 47.2 Å². The van der Waals surface area contributed by atoms with Crippen molar-refractivity contribution in [3.05, 3.63) is 95.6 Å². The number of hydrogen-bond acceptors (Lipinski definition) is 5. The lowest BCUT2D eigenvalue weighted by atomic mass is 10.1. The molecular formula is C29H34N2O5. The van der Waals surface area contributed by atoms with Crippen LogP contribution in [0.4, 0.5) is 0 Å². The summed E-state index contributed by atoms with van der Waals surface area (Å²) >= 11 is 0. The van der Waals surface area contributed by atoms with Crippen molar-refractivity contribution in [1.82, 2.24) is 10.6 Å². The zero-order chi connectivity index (χ0) is 25.4. The lowest BCUT2D eigenvalue weighted by Gasteiger charge is -2.14. The number of hydrogen-bond donors (Lipinski definition) is 3. The van der Waals surface area contributed by atoms with Crippen molar-refractivity contribution in [3.63, 3.8) is 0 Å². The van der Waals surface area contributed by atoms with Crippen molar-refractivity contribution >= 4 is 11.8 Å². The molecule has 0 aliphatic heterocycles. The van der Waals surface area contributed by atoms with Gasteiger partial charge in [-0.15, -0.1) is 0 Å². The number of unbranched alkanes of at least 4 members (excludes halogenated alkanes) is 2. The van der Waals surface area contributed by atoms with E-state index in [1.54, 1.807) is 12.1 Å². The van der Waals surface area contributed by atoms with Crippen molar-refractivity contribution in [2.45, 2.75) is 38.9 Å². The molecule has 36 heavy (non-hydrogen) atoms. The largest absolute Gasteiger partial charge is 0.489 e. The van der Waals surface area contributed by atoms with Gasteiger partial charge in [0, 0.05) is 19.5 Å². The Kier molecular flexibility index (Phi) is 11.3. The second-order valence-electron chi connectivity index (χ2n) is 8.35. The van der Waals surface area contributed by atoms with Crippen LogP contribution in [0, 0.1) is 0 Å². The van der Waals surface area contributed by atoms with E-state index in [4.69, 9.17) is 14.6 Å². The molecule has 3 N–H and O–H groups in total. The number of aliphatic hydroxyl groups excluding tert-OH is 1. The molecule has 3 rings (SSSR count). The van der Waals surface area contributed by atoms with Gasteiger partial charge in [-0.2, -0.15) is 0 Å². The molecule has 190 valence electrons. The highest BCUT2D eigenvalue weighted by molar-refractivity contribution is 5.97. The Morgan fingerprint density at radius 2 is 1.39 bits per heavy atom. The fourth-order valence-electron chi connectivity index (χ4n) is 3.55. The average molecular weight is 491 g/mol. The summed E-state index contributed by atoms with van der Waals surface area (Å²) in [6.07, 6.45) is 2.70. The first-order valence-electron chi connectivity index (χ1n) is 12.3. The fraction of sp³-hybridized carbons (Fsp3) is 0.310. The minimum Gasteiger partial charge on any atom is -0.489 e. The first-order valence-corrected chi connectivity index (χ1v) is 12.3. The molecule has 0 aliphatic carbocycles. The van der Waals surface area contributed by atoms with Crippen LogP contribution in [0.15, 0.2) is 78.9 Å². The Bertz CT molecular complexity index is 1070. The van der Waals surface area contributed by atoms with E-state index in [0.717, 1.165) is 30.4 Å². The van der Waals surface area contributed by atoms with Crippen LogP contribution in [-0.2, 0) is 18.0 Å². The number of aliphatic hydroxyl groups is 1. The van der Waals surface area contributed by atoms with E-state index in [9.17, 15) is 9.59 Å². The van der Waals surface area contributed by atoms with Crippen LogP contribution in [0.5, 0.6) is 11.5 Å². The maximum absolute atomic E-state index is 13.0. The van der Waals surface area contributed by atoms with Gasteiger partial charge in [-0.3, -0.25) is 9.59 Å². The molecule has 3 aromatic carbocycles. The molecule has 0 fully saturated rings. The van der Waals surface area contributed by atoms with E-state index < -0.39 is 0 Å². The van der Waals surface area contributed by atoms with Gasteiger partial charge in [-0.1, -0.05) is 67.1 Å². The highest BCUT2D eigenvalue weighted by Crippen LogP contribution is 2.26. The normalized spacial score (nSPS) is 10.5. The van der Waals surface area contributed by atoms with Gasteiger partial charge in [-0.05, 0) is 42.2 Å². The Hall–Kier alpha value is -3.84. The summed E-state index contributed by atoms with van der Waals surface area (Å²) in [5.74, 6) is 0.776. The van der Waals surface area contributed by atoms with Gasteiger partial charge >= 0.3 is 0 Å². The lowest BCUT2D eigenvalue weighted by molar-refractivity contribution is -0.121. The molecule has 0 saturated heterocycles. The summed E-state index contributed by atoms with van der Waals surface area (Å²) in [6.45, 7) is 1.46. The highest BCUT2D eigenvalue weighted by Gasteiger charge is 2.15. The quantitative estimate of drug-likeness (QED) is 0.277. The Morgan fingerprint density at radius 1 is 0.722 bits per heavy atom. The van der Waals surface area contributed by atoms with Crippen LogP contribution in [0.3, 0.4) is 0 Å². The van der Waals surface area contributed by atoms with Crippen molar-refractivity contribution in [2.24, 2.45) is 0 Å². The number of nitrogens with one attached hydrogen (secondary N) is 2. The predicted molar refractivity (Wildman–Crippen MR) is 139 cm³/mol. The Balaban J connectivity index is 1.56. The summed E-state index contributed by atoms with van der Waals surface area (Å²) in [5, 5.41) is 14.3. The monoisotopic (exact) mass is 490 g/mol. The van der Waals surface area contributed by atoms with E-state index in [-0.39, 0.29) is 25.0 Å². The Labute approximate surface area is 212 Å². The number of benzene rings is 3. The molecule has 0 radical (unpaired) electrons. The van der Waals surface area contributed by atoms with Crippen molar-refractivity contribution in [2.75, 3.05) is 19.7 Å². The number of rotatable bonds is 15. The minimum absolute atomic E-state index is 0.0622. The predicted octanol–water partition coefficient (Wildman–Crippen LogP) is 4.24. The number of carbonyl (C=O) groups excluding carboxylic acids is 2. The van der Waals surface area contributed by atoms with Crippen molar-refractivity contribution in [3.8, 4) is 11.5 Å². The molecule has 7 nitrogen and oxygen atoms in total. The maximum atomic E-state index is 13.0. The van der Waals surface area contributed by atoms with Gasteiger partial charge in [0.25, 0.3) is 5.91 Å². The zero-order valence-corrected chi connectivity index (χ0v) is 20.4. The van der Waals surface area contributed by atoms with Crippen LogP contribution in [0.2, 0.25) is 0 Å². The molecule has 0 aliphatic rings.